The average molecular weight is 381 g/mol. The van der Waals surface area contributed by atoms with Crippen LogP contribution in [0.2, 0.25) is 0 Å². The fraction of sp³-hybridized carbons (Fsp3) is 0.412. The number of nitrogens with zero attached hydrogens (tertiary/aromatic N) is 3. The van der Waals surface area contributed by atoms with Gasteiger partial charge < -0.3 is 4.74 Å². The topological polar surface area (TPSA) is 81.5 Å². The van der Waals surface area contributed by atoms with Gasteiger partial charge in [0.2, 0.25) is 9.84 Å². The van der Waals surface area contributed by atoms with Crippen molar-refractivity contribution in [1.29, 1.82) is 0 Å². The summed E-state index contributed by atoms with van der Waals surface area (Å²) < 4.78 is 46.8. The van der Waals surface area contributed by atoms with Crippen LogP contribution in [-0.4, -0.2) is 34.8 Å². The van der Waals surface area contributed by atoms with Gasteiger partial charge in [0.05, 0.1) is 24.2 Å². The summed E-state index contributed by atoms with van der Waals surface area (Å²) in [7, 11) is -2.26. The van der Waals surface area contributed by atoms with Gasteiger partial charge in [0.25, 0.3) is 0 Å². The van der Waals surface area contributed by atoms with Crippen molar-refractivity contribution in [2.45, 2.75) is 49.3 Å². The van der Waals surface area contributed by atoms with E-state index in [1.807, 2.05) is 0 Å². The Morgan fingerprint density at radius 2 is 1.88 bits per heavy atom. The van der Waals surface area contributed by atoms with Crippen LogP contribution in [0.4, 0.5) is 9.18 Å². The Morgan fingerprint density at radius 3 is 2.46 bits per heavy atom. The largest absolute Gasteiger partial charge is 0.444 e. The maximum atomic E-state index is 14.3. The summed E-state index contributed by atoms with van der Waals surface area (Å²) in [6, 6.07) is 2.34. The van der Waals surface area contributed by atoms with Crippen molar-refractivity contribution in [1.82, 2.24) is 14.7 Å². The molecule has 0 aliphatic carbocycles. The predicted octanol–water partition coefficient (Wildman–Crippen LogP) is 2.64. The Bertz CT molecular complexity index is 976. The third-order valence-corrected chi connectivity index (χ3v) is 5.75. The van der Waals surface area contributed by atoms with Gasteiger partial charge in [0, 0.05) is 18.8 Å². The Morgan fingerprint density at radius 1 is 1.23 bits per heavy atom. The van der Waals surface area contributed by atoms with Crippen LogP contribution in [0.1, 0.15) is 31.9 Å². The zero-order valence-electron chi connectivity index (χ0n) is 15.0. The second kappa shape index (κ2) is 6.08. The maximum absolute atomic E-state index is 14.3. The number of aryl methyl sites for hydroxylation is 1. The van der Waals surface area contributed by atoms with Crippen molar-refractivity contribution in [3.8, 4) is 0 Å². The fourth-order valence-corrected chi connectivity index (χ4v) is 4.29. The van der Waals surface area contributed by atoms with E-state index in [-0.39, 0.29) is 34.0 Å². The summed E-state index contributed by atoms with van der Waals surface area (Å²) >= 11 is 0. The number of benzene rings is 1. The van der Waals surface area contributed by atoms with Crippen LogP contribution in [0.15, 0.2) is 34.3 Å². The number of carbonyl (C=O) groups is 1. The highest BCUT2D eigenvalue weighted by molar-refractivity contribution is 7.91. The van der Waals surface area contributed by atoms with E-state index in [4.69, 9.17) is 4.74 Å². The van der Waals surface area contributed by atoms with Crippen molar-refractivity contribution < 1.29 is 22.3 Å². The summed E-state index contributed by atoms with van der Waals surface area (Å²) in [4.78, 5) is 13.6. The van der Waals surface area contributed by atoms with E-state index >= 15 is 0 Å². The zero-order valence-corrected chi connectivity index (χ0v) is 15.8. The molecule has 1 aliphatic rings. The van der Waals surface area contributed by atoms with Gasteiger partial charge in [-0.1, -0.05) is 0 Å². The number of rotatable bonds is 2. The molecule has 0 saturated carbocycles. The Balaban J connectivity index is 2.00. The number of halogens is 1. The third-order valence-electron chi connectivity index (χ3n) is 3.96. The molecule has 1 aromatic heterocycles. The van der Waals surface area contributed by atoms with Gasteiger partial charge in [0.1, 0.15) is 16.3 Å². The average Bonchev–Trinajstić information content (AvgIpc) is 3.12. The van der Waals surface area contributed by atoms with Gasteiger partial charge in [-0.05, 0) is 38.5 Å². The van der Waals surface area contributed by atoms with Crippen molar-refractivity contribution in [3.05, 3.63) is 41.5 Å². The van der Waals surface area contributed by atoms with Gasteiger partial charge in [-0.2, -0.15) is 5.10 Å². The van der Waals surface area contributed by atoms with Crippen LogP contribution in [0.25, 0.3) is 0 Å². The molecule has 0 N–H and O–H groups in total. The molecule has 1 aromatic carbocycles. The van der Waals surface area contributed by atoms with Gasteiger partial charge >= 0.3 is 6.09 Å². The van der Waals surface area contributed by atoms with E-state index in [9.17, 15) is 17.6 Å². The van der Waals surface area contributed by atoms with E-state index in [1.165, 1.54) is 28.0 Å². The highest BCUT2D eigenvalue weighted by Crippen LogP contribution is 2.34. The molecule has 0 spiro atoms. The van der Waals surface area contributed by atoms with Crippen LogP contribution in [0.3, 0.4) is 0 Å². The predicted molar refractivity (Wildman–Crippen MR) is 90.5 cm³/mol. The van der Waals surface area contributed by atoms with Crippen LogP contribution < -0.4 is 0 Å². The van der Waals surface area contributed by atoms with Crippen molar-refractivity contribution in [2.75, 3.05) is 0 Å². The Kier molecular flexibility index (Phi) is 4.30. The first kappa shape index (κ1) is 18.4. The number of ether oxygens (including phenoxy) is 1. The normalized spacial score (nSPS) is 14.4. The lowest BCUT2D eigenvalue weighted by molar-refractivity contribution is 0.0240. The minimum atomic E-state index is -3.87. The molecule has 7 nitrogen and oxygen atoms in total. The molecule has 2 heterocycles. The van der Waals surface area contributed by atoms with Gasteiger partial charge in [0.15, 0.2) is 0 Å². The van der Waals surface area contributed by atoms with Crippen molar-refractivity contribution in [2.24, 2.45) is 7.05 Å². The lowest BCUT2D eigenvalue weighted by Crippen LogP contribution is -2.33. The number of hydrogen-bond acceptors (Lipinski definition) is 5. The molecule has 0 fully saturated rings. The van der Waals surface area contributed by atoms with Gasteiger partial charge in [-0.15, -0.1) is 0 Å². The third kappa shape index (κ3) is 3.31. The van der Waals surface area contributed by atoms with Gasteiger partial charge in [-0.25, -0.2) is 17.6 Å². The van der Waals surface area contributed by atoms with E-state index in [0.29, 0.717) is 0 Å². The monoisotopic (exact) mass is 381 g/mol. The number of carbonyl (C=O) groups excluding carboxylic acids is 1. The molecular weight excluding hydrogens is 361 g/mol. The highest BCUT2D eigenvalue weighted by atomic mass is 32.2. The zero-order chi connectivity index (χ0) is 19.3. The highest BCUT2D eigenvalue weighted by Gasteiger charge is 2.34. The maximum Gasteiger partial charge on any atom is 0.410 e. The number of hydrogen-bond donors (Lipinski definition) is 0. The molecule has 0 radical (unpaired) electrons. The van der Waals surface area contributed by atoms with Crippen molar-refractivity contribution >= 4 is 15.9 Å². The van der Waals surface area contributed by atoms with E-state index < -0.39 is 27.3 Å². The molecule has 0 bridgehead atoms. The van der Waals surface area contributed by atoms with E-state index in [2.05, 4.69) is 5.10 Å². The first-order chi connectivity index (χ1) is 12.0. The Labute approximate surface area is 151 Å². The fourth-order valence-electron chi connectivity index (χ4n) is 2.80. The van der Waals surface area contributed by atoms with Crippen LogP contribution in [-0.2, 0) is 34.7 Å². The number of sulfone groups is 1. The second-order valence-electron chi connectivity index (χ2n) is 7.19. The summed E-state index contributed by atoms with van der Waals surface area (Å²) in [5.74, 6) is -0.545. The molecular formula is C17H20FN3O4S. The molecule has 140 valence electrons. The lowest BCUT2D eigenvalue weighted by Gasteiger charge is -2.24. The minimum absolute atomic E-state index is 0.0181. The molecule has 2 aromatic rings. The number of aromatic nitrogens is 2. The molecule has 3 rings (SSSR count). The van der Waals surface area contributed by atoms with Crippen molar-refractivity contribution in [3.63, 3.8) is 0 Å². The molecule has 26 heavy (non-hydrogen) atoms. The summed E-state index contributed by atoms with van der Waals surface area (Å²) in [6.45, 7) is 5.12. The number of fused-ring (bicyclic) bond motifs is 1. The number of amides is 1. The van der Waals surface area contributed by atoms with Gasteiger partial charge in [-0.3, -0.25) is 9.58 Å². The molecule has 0 atom stereocenters. The Hall–Kier alpha value is -2.42. The summed E-state index contributed by atoms with van der Waals surface area (Å²) in [5, 5.41) is 3.88. The molecule has 0 unspecified atom stereocenters. The first-order valence-electron chi connectivity index (χ1n) is 8.01. The lowest BCUT2D eigenvalue weighted by atomic mass is 10.1. The first-order valence-corrected chi connectivity index (χ1v) is 9.49. The molecule has 9 heteroatoms. The van der Waals surface area contributed by atoms with Crippen LogP contribution in [0, 0.1) is 5.82 Å². The molecule has 1 aliphatic heterocycles. The quantitative estimate of drug-likeness (QED) is 0.747. The molecule has 0 saturated heterocycles. The second-order valence-corrected chi connectivity index (χ2v) is 9.11. The minimum Gasteiger partial charge on any atom is -0.444 e. The van der Waals surface area contributed by atoms with Crippen LogP contribution >= 0.6 is 0 Å². The summed E-state index contributed by atoms with van der Waals surface area (Å²) in [6.07, 6.45) is 2.01. The van der Waals surface area contributed by atoms with E-state index in [0.717, 1.165) is 6.07 Å². The molecule has 1 amide bonds. The van der Waals surface area contributed by atoms with E-state index in [1.54, 1.807) is 27.8 Å². The summed E-state index contributed by atoms with van der Waals surface area (Å²) in [5.41, 5.74) is -0.227. The standard InChI is InChI=1S/C17H20FN3O4S/c1-17(2,3)25-16(22)21-9-12-13(10-21)15(6-5-14(12)18)26(23,24)11-7-19-20(4)8-11/h5-8H,9-10H2,1-4H3. The SMILES string of the molecule is Cn1cc(S(=O)(=O)c2ccc(F)c3c2CN(C(=O)OC(C)(C)C)C3)cn1. The smallest absolute Gasteiger partial charge is 0.410 e. The van der Waals surface area contributed by atoms with Crippen LogP contribution in [0.5, 0.6) is 0 Å².